The first-order chi connectivity index (χ1) is 11.6. The lowest BCUT2D eigenvalue weighted by Gasteiger charge is -2.18. The smallest absolute Gasteiger partial charge is 0.244 e. The Morgan fingerprint density at radius 1 is 1.12 bits per heavy atom. The van der Waals surface area contributed by atoms with Gasteiger partial charge in [-0.25, -0.2) is 13.4 Å². The minimum absolute atomic E-state index is 0.0838. The number of pyridine rings is 1. The predicted molar refractivity (Wildman–Crippen MR) is 92.1 cm³/mol. The summed E-state index contributed by atoms with van der Waals surface area (Å²) in [6.07, 6.45) is 3.18. The third-order valence-corrected chi connectivity index (χ3v) is 6.03. The Labute approximate surface area is 142 Å². The molecule has 0 bridgehead atoms. The van der Waals surface area contributed by atoms with Crippen LogP contribution in [-0.2, 0) is 10.0 Å². The molecule has 24 heavy (non-hydrogen) atoms. The van der Waals surface area contributed by atoms with Crippen molar-refractivity contribution < 1.29 is 13.5 Å². The van der Waals surface area contributed by atoms with E-state index in [1.54, 1.807) is 12.1 Å². The number of rotatable bonds is 6. The van der Waals surface area contributed by atoms with Crippen LogP contribution in [0.2, 0.25) is 0 Å². The van der Waals surface area contributed by atoms with Gasteiger partial charge in [-0.05, 0) is 30.5 Å². The van der Waals surface area contributed by atoms with Crippen LogP contribution in [0, 0.1) is 0 Å². The average molecular weight is 347 g/mol. The van der Waals surface area contributed by atoms with Gasteiger partial charge >= 0.3 is 0 Å². The van der Waals surface area contributed by atoms with Crippen LogP contribution >= 0.6 is 0 Å². The van der Waals surface area contributed by atoms with E-state index in [1.807, 2.05) is 30.3 Å². The van der Waals surface area contributed by atoms with Gasteiger partial charge in [0.1, 0.15) is 10.7 Å². The van der Waals surface area contributed by atoms with Crippen molar-refractivity contribution in [1.82, 2.24) is 9.29 Å². The quantitative estimate of drug-likeness (QED) is 0.835. The van der Waals surface area contributed by atoms with Crippen LogP contribution in [0.5, 0.6) is 0 Å². The average Bonchev–Trinajstić information content (AvgIpc) is 3.16. The first-order valence-corrected chi connectivity index (χ1v) is 9.44. The lowest BCUT2D eigenvalue weighted by molar-refractivity contribution is 0.276. The molecule has 0 spiro atoms. The summed E-state index contributed by atoms with van der Waals surface area (Å²) < 4.78 is 26.4. The number of hydrogen-bond donors (Lipinski definition) is 2. The van der Waals surface area contributed by atoms with Crippen molar-refractivity contribution in [2.24, 2.45) is 0 Å². The lowest BCUT2D eigenvalue weighted by atomic mass is 10.1. The van der Waals surface area contributed by atoms with Crippen LogP contribution in [0.1, 0.15) is 24.4 Å². The van der Waals surface area contributed by atoms with E-state index in [4.69, 9.17) is 0 Å². The first kappa shape index (κ1) is 16.9. The zero-order valence-electron chi connectivity index (χ0n) is 13.3. The second-order valence-electron chi connectivity index (χ2n) is 5.78. The number of anilines is 1. The van der Waals surface area contributed by atoms with E-state index in [-0.39, 0.29) is 17.5 Å². The molecule has 0 unspecified atom stereocenters. The molecule has 0 radical (unpaired) electrons. The van der Waals surface area contributed by atoms with Crippen molar-refractivity contribution in [2.45, 2.75) is 23.8 Å². The number of aliphatic hydroxyl groups excluding tert-OH is 1. The number of nitrogens with one attached hydrogen (secondary N) is 1. The van der Waals surface area contributed by atoms with Crippen molar-refractivity contribution >= 4 is 15.8 Å². The van der Waals surface area contributed by atoms with Crippen LogP contribution in [0.15, 0.2) is 53.6 Å². The van der Waals surface area contributed by atoms with Gasteiger partial charge in [0.15, 0.2) is 0 Å². The second-order valence-corrected chi connectivity index (χ2v) is 7.72. The van der Waals surface area contributed by atoms with Gasteiger partial charge in [-0.3, -0.25) is 0 Å². The number of benzene rings is 1. The van der Waals surface area contributed by atoms with Crippen molar-refractivity contribution in [2.75, 3.05) is 25.0 Å². The topological polar surface area (TPSA) is 82.5 Å². The van der Waals surface area contributed by atoms with Gasteiger partial charge in [0.25, 0.3) is 0 Å². The lowest BCUT2D eigenvalue weighted by Crippen LogP contribution is -2.28. The molecule has 2 aromatic rings. The Hall–Kier alpha value is -1.96. The van der Waals surface area contributed by atoms with Crippen molar-refractivity contribution in [3.63, 3.8) is 0 Å². The number of aromatic nitrogens is 1. The molecule has 1 atom stereocenters. The maximum atomic E-state index is 12.5. The zero-order valence-corrected chi connectivity index (χ0v) is 14.1. The second kappa shape index (κ2) is 7.29. The van der Waals surface area contributed by atoms with E-state index in [2.05, 4.69) is 10.3 Å². The van der Waals surface area contributed by atoms with Gasteiger partial charge in [-0.15, -0.1) is 0 Å². The first-order valence-electron chi connectivity index (χ1n) is 8.00. The highest BCUT2D eigenvalue weighted by Crippen LogP contribution is 2.22. The summed E-state index contributed by atoms with van der Waals surface area (Å²) in [5, 5.41) is 12.7. The molecule has 2 N–H and O–H groups in total. The molecule has 0 amide bonds. The minimum Gasteiger partial charge on any atom is -0.394 e. The fraction of sp³-hybridized carbons (Fsp3) is 0.353. The summed E-state index contributed by atoms with van der Waals surface area (Å²) in [5.74, 6) is 0.526. The van der Waals surface area contributed by atoms with Gasteiger partial charge in [0, 0.05) is 19.3 Å². The molecule has 2 heterocycles. The van der Waals surface area contributed by atoms with Crippen LogP contribution in [0.25, 0.3) is 0 Å². The summed E-state index contributed by atoms with van der Waals surface area (Å²) in [4.78, 5) is 4.41. The normalized spacial score (nSPS) is 16.9. The molecule has 7 heteroatoms. The van der Waals surface area contributed by atoms with Gasteiger partial charge in [-0.1, -0.05) is 30.3 Å². The third-order valence-electron chi connectivity index (χ3n) is 4.15. The van der Waals surface area contributed by atoms with E-state index < -0.39 is 10.0 Å². The van der Waals surface area contributed by atoms with Crippen molar-refractivity contribution in [3.05, 3.63) is 54.2 Å². The van der Waals surface area contributed by atoms with Crippen LogP contribution in [-0.4, -0.2) is 42.5 Å². The Bertz CT molecular complexity index is 757. The highest BCUT2D eigenvalue weighted by atomic mass is 32.2. The molecule has 1 aromatic carbocycles. The SMILES string of the molecule is O=S(=O)(c1ccc(N[C@@H](CO)c2ccccc2)nc1)N1CCCC1. The van der Waals surface area contributed by atoms with E-state index in [1.165, 1.54) is 10.5 Å². The number of sulfonamides is 1. The Balaban J connectivity index is 1.74. The molecule has 1 aromatic heterocycles. The maximum Gasteiger partial charge on any atom is 0.244 e. The Morgan fingerprint density at radius 2 is 1.83 bits per heavy atom. The minimum atomic E-state index is -3.45. The van der Waals surface area contributed by atoms with E-state index in [9.17, 15) is 13.5 Å². The number of hydrogen-bond acceptors (Lipinski definition) is 5. The fourth-order valence-electron chi connectivity index (χ4n) is 2.79. The monoisotopic (exact) mass is 347 g/mol. The van der Waals surface area contributed by atoms with E-state index in [0.717, 1.165) is 18.4 Å². The molecule has 1 aliphatic heterocycles. The van der Waals surface area contributed by atoms with E-state index in [0.29, 0.717) is 18.9 Å². The molecule has 0 saturated carbocycles. The van der Waals surface area contributed by atoms with Crippen LogP contribution in [0.3, 0.4) is 0 Å². The Morgan fingerprint density at radius 3 is 2.42 bits per heavy atom. The summed E-state index contributed by atoms with van der Waals surface area (Å²) >= 11 is 0. The summed E-state index contributed by atoms with van der Waals surface area (Å²) in [6.45, 7) is 1.06. The van der Waals surface area contributed by atoms with Gasteiger partial charge in [-0.2, -0.15) is 4.31 Å². The van der Waals surface area contributed by atoms with Gasteiger partial charge in [0.05, 0.1) is 12.6 Å². The zero-order chi connectivity index (χ0) is 17.0. The predicted octanol–water partition coefficient (Wildman–Crippen LogP) is 2.01. The summed E-state index contributed by atoms with van der Waals surface area (Å²) in [6, 6.07) is 12.4. The van der Waals surface area contributed by atoms with Gasteiger partial charge in [0.2, 0.25) is 10.0 Å². The Kier molecular flexibility index (Phi) is 5.13. The van der Waals surface area contributed by atoms with Crippen LogP contribution < -0.4 is 5.32 Å². The molecular weight excluding hydrogens is 326 g/mol. The highest BCUT2D eigenvalue weighted by Gasteiger charge is 2.27. The molecule has 0 aliphatic carbocycles. The van der Waals surface area contributed by atoms with Crippen LogP contribution in [0.4, 0.5) is 5.82 Å². The molecule has 1 fully saturated rings. The number of nitrogens with zero attached hydrogens (tertiary/aromatic N) is 2. The largest absolute Gasteiger partial charge is 0.394 e. The van der Waals surface area contributed by atoms with Crippen molar-refractivity contribution in [3.8, 4) is 0 Å². The van der Waals surface area contributed by atoms with Crippen molar-refractivity contribution in [1.29, 1.82) is 0 Å². The summed E-state index contributed by atoms with van der Waals surface area (Å²) in [7, 11) is -3.45. The molecule has 6 nitrogen and oxygen atoms in total. The molecule has 128 valence electrons. The molecule has 1 saturated heterocycles. The molecular formula is C17H21N3O3S. The maximum absolute atomic E-state index is 12.5. The summed E-state index contributed by atoms with van der Waals surface area (Å²) in [5.41, 5.74) is 0.940. The fourth-order valence-corrected chi connectivity index (χ4v) is 4.26. The van der Waals surface area contributed by atoms with E-state index >= 15 is 0 Å². The third kappa shape index (κ3) is 3.58. The molecule has 1 aliphatic rings. The van der Waals surface area contributed by atoms with Gasteiger partial charge < -0.3 is 10.4 Å². The number of aliphatic hydroxyl groups is 1. The highest BCUT2D eigenvalue weighted by molar-refractivity contribution is 7.89. The molecule has 3 rings (SSSR count). The standard InChI is InChI=1S/C17H21N3O3S/c21-13-16(14-6-2-1-3-7-14)19-17-9-8-15(12-18-17)24(22,23)20-10-4-5-11-20/h1-3,6-9,12,16,21H,4-5,10-11,13H2,(H,18,19)/t16-/m0/s1.